The Labute approximate surface area is 102 Å². The van der Waals surface area contributed by atoms with Crippen molar-refractivity contribution < 1.29 is 5.11 Å². The molecule has 4 heteroatoms. The highest BCUT2D eigenvalue weighted by atomic mass is 32.2. The third kappa shape index (κ3) is 3.13. The average Bonchev–Trinajstić information content (AvgIpc) is 3.15. The highest BCUT2D eigenvalue weighted by Gasteiger charge is 2.47. The number of aliphatic hydroxyl groups is 1. The topological polar surface area (TPSA) is 56.0 Å². The van der Waals surface area contributed by atoms with Gasteiger partial charge in [0.15, 0.2) is 0 Å². The van der Waals surface area contributed by atoms with Gasteiger partial charge in [-0.3, -0.25) is 5.32 Å². The van der Waals surface area contributed by atoms with Crippen LogP contribution in [0, 0.1) is 17.2 Å². The number of hydrogen-bond donors (Lipinski definition) is 2. The van der Waals surface area contributed by atoms with Crippen LogP contribution in [0.5, 0.6) is 0 Å². The Morgan fingerprint density at radius 3 is 2.62 bits per heavy atom. The van der Waals surface area contributed by atoms with Gasteiger partial charge in [-0.2, -0.15) is 17.0 Å². The molecule has 0 aromatic heterocycles. The number of nitrogens with zero attached hydrogens (tertiary/aromatic N) is 1. The van der Waals surface area contributed by atoms with E-state index in [1.807, 2.05) is 0 Å². The molecule has 1 unspecified atom stereocenters. The largest absolute Gasteiger partial charge is 0.396 e. The van der Waals surface area contributed by atoms with Crippen molar-refractivity contribution in [1.82, 2.24) is 5.32 Å². The molecule has 2 fully saturated rings. The second-order valence-corrected chi connectivity index (χ2v) is 6.01. The monoisotopic (exact) mass is 240 g/mol. The van der Waals surface area contributed by atoms with Gasteiger partial charge < -0.3 is 5.11 Å². The van der Waals surface area contributed by atoms with Crippen LogP contribution in [0.4, 0.5) is 0 Å². The van der Waals surface area contributed by atoms with Crippen LogP contribution in [-0.4, -0.2) is 34.8 Å². The molecule has 0 spiro atoms. The first-order valence-corrected chi connectivity index (χ1v) is 7.34. The number of hydrogen-bond acceptors (Lipinski definition) is 4. The molecule has 0 aliphatic heterocycles. The van der Waals surface area contributed by atoms with Gasteiger partial charge in [0.2, 0.25) is 0 Å². The lowest BCUT2D eigenvalue weighted by molar-refractivity contribution is 0.296. The third-order valence-corrected chi connectivity index (χ3v) is 4.53. The molecule has 0 amide bonds. The van der Waals surface area contributed by atoms with Crippen LogP contribution in [0.1, 0.15) is 32.1 Å². The van der Waals surface area contributed by atoms with E-state index in [1.54, 1.807) is 11.8 Å². The SMILES string of the molecule is N#CC(CSCCCO)(NC1CC1)C1CC1. The van der Waals surface area contributed by atoms with Crippen LogP contribution < -0.4 is 5.32 Å². The molecule has 90 valence electrons. The van der Waals surface area contributed by atoms with E-state index < -0.39 is 0 Å². The van der Waals surface area contributed by atoms with Crippen LogP contribution in [-0.2, 0) is 0 Å². The van der Waals surface area contributed by atoms with E-state index >= 15 is 0 Å². The predicted octanol–water partition coefficient (Wildman–Crippen LogP) is 1.53. The summed E-state index contributed by atoms with van der Waals surface area (Å²) in [5.41, 5.74) is -0.276. The Balaban J connectivity index is 1.83. The van der Waals surface area contributed by atoms with Gasteiger partial charge in [0.25, 0.3) is 0 Å². The van der Waals surface area contributed by atoms with Crippen LogP contribution in [0.15, 0.2) is 0 Å². The number of nitrogens with one attached hydrogen (secondary N) is 1. The fraction of sp³-hybridized carbons (Fsp3) is 0.917. The summed E-state index contributed by atoms with van der Waals surface area (Å²) < 4.78 is 0. The minimum atomic E-state index is -0.276. The summed E-state index contributed by atoms with van der Waals surface area (Å²) in [6, 6.07) is 3.13. The number of aliphatic hydroxyl groups excluding tert-OH is 1. The van der Waals surface area contributed by atoms with Crippen molar-refractivity contribution in [2.24, 2.45) is 5.92 Å². The lowest BCUT2D eigenvalue weighted by Gasteiger charge is -2.27. The van der Waals surface area contributed by atoms with Gasteiger partial charge in [0, 0.05) is 18.4 Å². The molecule has 0 bridgehead atoms. The Morgan fingerprint density at radius 2 is 2.12 bits per heavy atom. The molecule has 2 saturated carbocycles. The van der Waals surface area contributed by atoms with E-state index in [1.165, 1.54) is 25.7 Å². The van der Waals surface area contributed by atoms with E-state index in [9.17, 15) is 5.26 Å². The Hall–Kier alpha value is -0.240. The van der Waals surface area contributed by atoms with Crippen molar-refractivity contribution in [2.75, 3.05) is 18.1 Å². The molecule has 2 N–H and O–H groups in total. The zero-order valence-electron chi connectivity index (χ0n) is 9.61. The van der Waals surface area contributed by atoms with Gasteiger partial charge in [-0.15, -0.1) is 0 Å². The Bertz CT molecular complexity index is 271. The maximum absolute atomic E-state index is 9.44. The standard InChI is InChI=1S/C12H20N2OS/c13-8-12(10-2-3-10,14-11-4-5-11)9-16-7-1-6-15/h10-11,14-15H,1-7,9H2. The van der Waals surface area contributed by atoms with Gasteiger partial charge in [-0.25, -0.2) is 0 Å². The molecule has 0 radical (unpaired) electrons. The molecule has 16 heavy (non-hydrogen) atoms. The maximum atomic E-state index is 9.44. The Kier molecular flexibility index (Phi) is 4.12. The van der Waals surface area contributed by atoms with Crippen molar-refractivity contribution in [1.29, 1.82) is 5.26 Å². The van der Waals surface area contributed by atoms with Gasteiger partial charge in [0.1, 0.15) is 5.54 Å². The summed E-state index contributed by atoms with van der Waals surface area (Å²) in [4.78, 5) is 0. The summed E-state index contributed by atoms with van der Waals surface area (Å²) in [6.45, 7) is 0.256. The fourth-order valence-electron chi connectivity index (χ4n) is 2.00. The zero-order chi connectivity index (χ0) is 11.4. The molecule has 3 nitrogen and oxygen atoms in total. The molecular weight excluding hydrogens is 220 g/mol. The van der Waals surface area contributed by atoms with Crippen molar-refractivity contribution in [3.63, 3.8) is 0 Å². The second-order valence-electron chi connectivity index (χ2n) is 4.91. The van der Waals surface area contributed by atoms with E-state index in [4.69, 9.17) is 5.11 Å². The van der Waals surface area contributed by atoms with Crippen molar-refractivity contribution in [3.8, 4) is 6.07 Å². The Morgan fingerprint density at radius 1 is 1.38 bits per heavy atom. The van der Waals surface area contributed by atoms with Gasteiger partial charge >= 0.3 is 0 Å². The molecule has 0 aromatic rings. The van der Waals surface area contributed by atoms with Crippen LogP contribution in [0.3, 0.4) is 0 Å². The van der Waals surface area contributed by atoms with Gasteiger partial charge in [-0.1, -0.05) is 0 Å². The third-order valence-electron chi connectivity index (χ3n) is 3.29. The average molecular weight is 240 g/mol. The van der Waals surface area contributed by atoms with Crippen LogP contribution in [0.25, 0.3) is 0 Å². The van der Waals surface area contributed by atoms with E-state index in [-0.39, 0.29) is 12.1 Å². The van der Waals surface area contributed by atoms with Crippen LogP contribution >= 0.6 is 11.8 Å². The van der Waals surface area contributed by atoms with Crippen LogP contribution in [0.2, 0.25) is 0 Å². The minimum absolute atomic E-state index is 0.256. The normalized spacial score (nSPS) is 23.8. The lowest BCUT2D eigenvalue weighted by atomic mass is 9.97. The highest BCUT2D eigenvalue weighted by molar-refractivity contribution is 7.99. The summed E-state index contributed by atoms with van der Waals surface area (Å²) >= 11 is 1.80. The summed E-state index contributed by atoms with van der Waals surface area (Å²) in [7, 11) is 0. The van der Waals surface area contributed by atoms with E-state index in [2.05, 4.69) is 11.4 Å². The van der Waals surface area contributed by atoms with Gasteiger partial charge in [0.05, 0.1) is 6.07 Å². The van der Waals surface area contributed by atoms with Gasteiger partial charge in [-0.05, 0) is 43.8 Å². The van der Waals surface area contributed by atoms with E-state index in [0.717, 1.165) is 17.9 Å². The molecule has 0 aromatic carbocycles. The molecule has 0 saturated heterocycles. The van der Waals surface area contributed by atoms with E-state index in [0.29, 0.717) is 12.0 Å². The van der Waals surface area contributed by atoms with Crippen molar-refractivity contribution >= 4 is 11.8 Å². The fourth-order valence-corrected chi connectivity index (χ4v) is 3.18. The second kappa shape index (κ2) is 5.39. The first kappa shape index (κ1) is 12.2. The van der Waals surface area contributed by atoms with Crippen molar-refractivity contribution in [2.45, 2.75) is 43.7 Å². The lowest BCUT2D eigenvalue weighted by Crippen LogP contribution is -2.49. The summed E-state index contributed by atoms with van der Waals surface area (Å²) in [5, 5.41) is 21.7. The molecular formula is C12H20N2OS. The molecule has 2 aliphatic carbocycles. The number of rotatable bonds is 8. The minimum Gasteiger partial charge on any atom is -0.396 e. The molecule has 2 aliphatic rings. The molecule has 0 heterocycles. The number of thioether (sulfide) groups is 1. The summed E-state index contributed by atoms with van der Waals surface area (Å²) in [5.74, 6) is 2.41. The number of nitriles is 1. The first-order valence-electron chi connectivity index (χ1n) is 6.18. The first-order chi connectivity index (χ1) is 7.80. The molecule has 1 atom stereocenters. The smallest absolute Gasteiger partial charge is 0.118 e. The molecule has 2 rings (SSSR count). The highest BCUT2D eigenvalue weighted by Crippen LogP contribution is 2.42. The maximum Gasteiger partial charge on any atom is 0.118 e. The summed E-state index contributed by atoms with van der Waals surface area (Å²) in [6.07, 6.45) is 5.71. The quantitative estimate of drug-likeness (QED) is 0.632. The predicted molar refractivity (Wildman–Crippen MR) is 66.3 cm³/mol. The van der Waals surface area contributed by atoms with Crippen molar-refractivity contribution in [3.05, 3.63) is 0 Å². The zero-order valence-corrected chi connectivity index (χ0v) is 10.4.